The standard InChI is InChI=1S/C14H13F2N3S/c1-9(10-4-6-17-7-5-10)18-14(20)19-13-3-2-11(15)8-12(13)16/h2-9H,1H3,(H2,18,19,20)/t9-/m0/s1. The Morgan fingerprint density at radius 1 is 1.20 bits per heavy atom. The lowest BCUT2D eigenvalue weighted by atomic mass is 10.1. The summed E-state index contributed by atoms with van der Waals surface area (Å²) in [5, 5.41) is 5.98. The van der Waals surface area contributed by atoms with Crippen molar-refractivity contribution in [1.29, 1.82) is 0 Å². The molecule has 1 atom stereocenters. The summed E-state index contributed by atoms with van der Waals surface area (Å²) in [6.07, 6.45) is 3.37. The van der Waals surface area contributed by atoms with Gasteiger partial charge in [-0.05, 0) is 49.0 Å². The maximum Gasteiger partial charge on any atom is 0.171 e. The fourth-order valence-electron chi connectivity index (χ4n) is 1.68. The van der Waals surface area contributed by atoms with Crippen LogP contribution < -0.4 is 10.6 Å². The van der Waals surface area contributed by atoms with E-state index in [0.29, 0.717) is 0 Å². The first-order chi connectivity index (χ1) is 9.56. The second-order valence-corrected chi connectivity index (χ2v) is 4.63. The molecule has 0 amide bonds. The summed E-state index contributed by atoms with van der Waals surface area (Å²) in [5.41, 5.74) is 1.13. The molecule has 1 aromatic carbocycles. The molecule has 0 aliphatic rings. The van der Waals surface area contributed by atoms with Crippen LogP contribution >= 0.6 is 12.2 Å². The van der Waals surface area contributed by atoms with Crippen molar-refractivity contribution in [2.24, 2.45) is 0 Å². The van der Waals surface area contributed by atoms with Crippen LogP contribution in [0.2, 0.25) is 0 Å². The van der Waals surface area contributed by atoms with E-state index in [0.717, 1.165) is 11.6 Å². The molecule has 20 heavy (non-hydrogen) atoms. The van der Waals surface area contributed by atoms with Crippen molar-refractivity contribution in [3.05, 3.63) is 59.9 Å². The van der Waals surface area contributed by atoms with E-state index in [1.807, 2.05) is 19.1 Å². The molecule has 1 heterocycles. The van der Waals surface area contributed by atoms with Gasteiger partial charge in [-0.25, -0.2) is 8.78 Å². The topological polar surface area (TPSA) is 37.0 Å². The molecule has 0 aliphatic heterocycles. The van der Waals surface area contributed by atoms with Crippen LogP contribution in [0.1, 0.15) is 18.5 Å². The van der Waals surface area contributed by atoms with Crippen LogP contribution in [0, 0.1) is 11.6 Å². The van der Waals surface area contributed by atoms with E-state index >= 15 is 0 Å². The molecule has 0 spiro atoms. The summed E-state index contributed by atoms with van der Waals surface area (Å²) in [7, 11) is 0. The Hall–Kier alpha value is -2.08. The van der Waals surface area contributed by atoms with Gasteiger partial charge >= 0.3 is 0 Å². The van der Waals surface area contributed by atoms with Crippen molar-refractivity contribution in [2.45, 2.75) is 13.0 Å². The Morgan fingerprint density at radius 2 is 1.90 bits per heavy atom. The van der Waals surface area contributed by atoms with Gasteiger partial charge in [0, 0.05) is 18.5 Å². The molecule has 0 aliphatic carbocycles. The molecule has 3 nitrogen and oxygen atoms in total. The predicted molar refractivity (Wildman–Crippen MR) is 78.4 cm³/mol. The smallest absolute Gasteiger partial charge is 0.171 e. The Balaban J connectivity index is 1.99. The first kappa shape index (κ1) is 14.3. The Bertz CT molecular complexity index is 605. The van der Waals surface area contributed by atoms with E-state index in [-0.39, 0.29) is 16.8 Å². The first-order valence-corrected chi connectivity index (χ1v) is 6.39. The number of halogens is 2. The minimum atomic E-state index is -0.689. The highest BCUT2D eigenvalue weighted by Crippen LogP contribution is 2.16. The number of nitrogens with zero attached hydrogens (tertiary/aromatic N) is 1. The molecule has 6 heteroatoms. The summed E-state index contributed by atoms with van der Waals surface area (Å²) < 4.78 is 26.3. The number of pyridine rings is 1. The zero-order chi connectivity index (χ0) is 14.5. The second kappa shape index (κ2) is 6.38. The molecule has 104 valence electrons. The average molecular weight is 293 g/mol. The highest BCUT2D eigenvalue weighted by atomic mass is 32.1. The van der Waals surface area contributed by atoms with Gasteiger partial charge in [0.1, 0.15) is 11.6 Å². The molecule has 0 saturated heterocycles. The fourth-order valence-corrected chi connectivity index (χ4v) is 1.97. The lowest BCUT2D eigenvalue weighted by Gasteiger charge is -2.17. The maximum atomic E-state index is 13.5. The number of aromatic nitrogens is 1. The van der Waals surface area contributed by atoms with Crippen molar-refractivity contribution in [2.75, 3.05) is 5.32 Å². The van der Waals surface area contributed by atoms with Crippen LogP contribution in [0.5, 0.6) is 0 Å². The Labute approximate surface area is 121 Å². The van der Waals surface area contributed by atoms with E-state index in [1.54, 1.807) is 12.4 Å². The molecule has 0 saturated carbocycles. The molecule has 0 unspecified atom stereocenters. The van der Waals surface area contributed by atoms with Crippen molar-refractivity contribution in [3.8, 4) is 0 Å². The molecular formula is C14H13F2N3S. The number of anilines is 1. The van der Waals surface area contributed by atoms with Gasteiger partial charge in [0.05, 0.1) is 11.7 Å². The normalized spacial score (nSPS) is 11.8. The molecule has 0 fully saturated rings. The maximum absolute atomic E-state index is 13.5. The van der Waals surface area contributed by atoms with Crippen LogP contribution in [0.3, 0.4) is 0 Å². The van der Waals surface area contributed by atoms with Crippen LogP contribution in [-0.2, 0) is 0 Å². The van der Waals surface area contributed by atoms with Gasteiger partial charge in [-0.2, -0.15) is 0 Å². The van der Waals surface area contributed by atoms with E-state index in [1.165, 1.54) is 12.1 Å². The lowest BCUT2D eigenvalue weighted by molar-refractivity contribution is 0.586. The van der Waals surface area contributed by atoms with Gasteiger partial charge in [-0.15, -0.1) is 0 Å². The monoisotopic (exact) mass is 293 g/mol. The van der Waals surface area contributed by atoms with E-state index in [9.17, 15) is 8.78 Å². The van der Waals surface area contributed by atoms with Crippen molar-refractivity contribution < 1.29 is 8.78 Å². The number of benzene rings is 1. The number of thiocarbonyl (C=S) groups is 1. The molecule has 1 aromatic heterocycles. The number of nitrogens with one attached hydrogen (secondary N) is 2. The largest absolute Gasteiger partial charge is 0.356 e. The van der Waals surface area contributed by atoms with Crippen molar-refractivity contribution in [1.82, 2.24) is 10.3 Å². The summed E-state index contributed by atoms with van der Waals surface area (Å²) in [6.45, 7) is 1.92. The van der Waals surface area contributed by atoms with Gasteiger partial charge in [0.15, 0.2) is 5.11 Å². The third kappa shape index (κ3) is 3.71. The fraction of sp³-hybridized carbons (Fsp3) is 0.143. The van der Waals surface area contributed by atoms with Gasteiger partial charge in [0.25, 0.3) is 0 Å². The molecule has 0 bridgehead atoms. The van der Waals surface area contributed by atoms with Crippen LogP contribution in [0.15, 0.2) is 42.7 Å². The number of rotatable bonds is 3. The summed E-state index contributed by atoms with van der Waals surface area (Å²) in [6, 6.07) is 6.94. The SMILES string of the molecule is C[C@H](NC(=S)Nc1ccc(F)cc1F)c1ccncc1. The molecule has 2 rings (SSSR count). The predicted octanol–water partition coefficient (Wildman–Crippen LogP) is 3.41. The van der Waals surface area contributed by atoms with Crippen molar-refractivity contribution >= 4 is 23.0 Å². The minimum absolute atomic E-state index is 0.0542. The average Bonchev–Trinajstić information content (AvgIpc) is 2.43. The lowest BCUT2D eigenvalue weighted by Crippen LogP contribution is -2.31. The number of hydrogen-bond acceptors (Lipinski definition) is 2. The van der Waals surface area contributed by atoms with Crippen LogP contribution in [-0.4, -0.2) is 10.1 Å². The summed E-state index contributed by atoms with van der Waals surface area (Å²) in [5.74, 6) is -1.32. The third-order valence-electron chi connectivity index (χ3n) is 2.73. The van der Waals surface area contributed by atoms with Crippen molar-refractivity contribution in [3.63, 3.8) is 0 Å². The molecule has 2 aromatic rings. The van der Waals surface area contributed by atoms with Gasteiger partial charge in [-0.3, -0.25) is 4.98 Å². The molecule has 0 radical (unpaired) electrons. The van der Waals surface area contributed by atoms with E-state index in [4.69, 9.17) is 12.2 Å². The Kier molecular flexibility index (Phi) is 4.57. The highest BCUT2D eigenvalue weighted by molar-refractivity contribution is 7.80. The molecule has 2 N–H and O–H groups in total. The van der Waals surface area contributed by atoms with Gasteiger partial charge < -0.3 is 10.6 Å². The summed E-state index contributed by atoms with van der Waals surface area (Å²) >= 11 is 5.11. The van der Waals surface area contributed by atoms with Gasteiger partial charge in [0.2, 0.25) is 0 Å². The zero-order valence-electron chi connectivity index (χ0n) is 10.7. The number of hydrogen-bond donors (Lipinski definition) is 2. The minimum Gasteiger partial charge on any atom is -0.356 e. The van der Waals surface area contributed by atoms with Crippen LogP contribution in [0.4, 0.5) is 14.5 Å². The van der Waals surface area contributed by atoms with E-state index in [2.05, 4.69) is 15.6 Å². The van der Waals surface area contributed by atoms with E-state index < -0.39 is 11.6 Å². The highest BCUT2D eigenvalue weighted by Gasteiger charge is 2.09. The zero-order valence-corrected chi connectivity index (χ0v) is 11.5. The quantitative estimate of drug-likeness (QED) is 0.850. The van der Waals surface area contributed by atoms with Crippen LogP contribution in [0.25, 0.3) is 0 Å². The first-order valence-electron chi connectivity index (χ1n) is 5.99. The third-order valence-corrected chi connectivity index (χ3v) is 2.95. The Morgan fingerprint density at radius 3 is 2.55 bits per heavy atom. The van der Waals surface area contributed by atoms with Gasteiger partial charge in [-0.1, -0.05) is 0 Å². The summed E-state index contributed by atoms with van der Waals surface area (Å²) in [4.78, 5) is 3.93. The molecular weight excluding hydrogens is 280 g/mol. The second-order valence-electron chi connectivity index (χ2n) is 4.22.